The van der Waals surface area contributed by atoms with Crippen molar-refractivity contribution in [1.29, 1.82) is 0 Å². The summed E-state index contributed by atoms with van der Waals surface area (Å²) in [6, 6.07) is 0. The van der Waals surface area contributed by atoms with E-state index in [0.29, 0.717) is 39.1 Å². The highest BCUT2D eigenvalue weighted by atomic mass is 16.5. The molecule has 2 nitrogen and oxygen atoms in total. The molecule has 0 aromatic heterocycles. The lowest BCUT2D eigenvalue weighted by Gasteiger charge is -2.69. The van der Waals surface area contributed by atoms with Crippen LogP contribution in [0.25, 0.3) is 0 Å². The fraction of sp³-hybridized carbons (Fsp3) is 0.964. The lowest BCUT2D eigenvalue weighted by molar-refractivity contribution is -0.224. The third-order valence-corrected chi connectivity index (χ3v) is 10.8. The molecule has 8 bridgehead atoms. The SMILES string of the molecule is CC12CC3(C)CC(C)(C1)CC(COC(=O)C14CC5(C)CC(C)(CC(C)(C5)C1)C4)(C2)C3. The molecular weight excluding hydrogens is 368 g/mol. The zero-order valence-electron chi connectivity index (χ0n) is 20.5. The van der Waals surface area contributed by atoms with E-state index in [1.54, 1.807) is 0 Å². The van der Waals surface area contributed by atoms with E-state index in [1.165, 1.54) is 57.8 Å². The van der Waals surface area contributed by atoms with Gasteiger partial charge in [-0.1, -0.05) is 41.5 Å². The van der Waals surface area contributed by atoms with Gasteiger partial charge in [0, 0.05) is 5.41 Å². The predicted molar refractivity (Wildman–Crippen MR) is 120 cm³/mol. The second-order valence-corrected chi connectivity index (χ2v) is 16.3. The molecule has 0 aliphatic heterocycles. The van der Waals surface area contributed by atoms with Crippen LogP contribution >= 0.6 is 0 Å². The largest absolute Gasteiger partial charge is 0.465 e. The van der Waals surface area contributed by atoms with Gasteiger partial charge in [0.15, 0.2) is 0 Å². The molecule has 0 atom stereocenters. The molecule has 0 heterocycles. The number of hydrogen-bond acceptors (Lipinski definition) is 2. The molecule has 0 N–H and O–H groups in total. The van der Waals surface area contributed by atoms with Crippen molar-refractivity contribution < 1.29 is 9.53 Å². The maximum atomic E-state index is 13.8. The second kappa shape index (κ2) is 5.17. The van der Waals surface area contributed by atoms with E-state index in [4.69, 9.17) is 4.74 Å². The van der Waals surface area contributed by atoms with Crippen molar-refractivity contribution in [3.8, 4) is 0 Å². The summed E-state index contributed by atoms with van der Waals surface area (Å²) < 4.78 is 6.44. The van der Waals surface area contributed by atoms with Crippen LogP contribution in [0.4, 0.5) is 0 Å². The van der Waals surface area contributed by atoms with E-state index in [9.17, 15) is 4.79 Å². The molecule has 0 spiro atoms. The molecule has 8 rings (SSSR count). The average molecular weight is 413 g/mol. The van der Waals surface area contributed by atoms with Gasteiger partial charge in [0.25, 0.3) is 0 Å². The Hall–Kier alpha value is -0.530. The minimum Gasteiger partial charge on any atom is -0.465 e. The molecule has 0 radical (unpaired) electrons. The van der Waals surface area contributed by atoms with Crippen LogP contribution < -0.4 is 0 Å². The number of hydrogen-bond donors (Lipinski definition) is 0. The molecule has 0 aromatic carbocycles. The Kier molecular flexibility index (Phi) is 3.46. The highest BCUT2D eigenvalue weighted by Crippen LogP contribution is 2.75. The molecule has 0 aromatic rings. The minimum absolute atomic E-state index is 0.182. The number of carbonyl (C=O) groups excluding carboxylic acids is 1. The van der Waals surface area contributed by atoms with Gasteiger partial charge in [-0.3, -0.25) is 4.79 Å². The minimum atomic E-state index is -0.201. The molecule has 0 unspecified atom stereocenters. The lowest BCUT2D eigenvalue weighted by atomic mass is 9.36. The molecule has 0 amide bonds. The van der Waals surface area contributed by atoms with Gasteiger partial charge in [-0.25, -0.2) is 0 Å². The van der Waals surface area contributed by atoms with Crippen LogP contribution in [0, 0.1) is 43.3 Å². The number of rotatable bonds is 3. The predicted octanol–water partition coefficient (Wildman–Crippen LogP) is 7.30. The van der Waals surface area contributed by atoms with Crippen molar-refractivity contribution in [2.24, 2.45) is 43.3 Å². The van der Waals surface area contributed by atoms with Gasteiger partial charge in [0.05, 0.1) is 12.0 Å². The summed E-state index contributed by atoms with van der Waals surface area (Å²) in [7, 11) is 0. The normalized spacial score (nSPS) is 62.7. The topological polar surface area (TPSA) is 26.3 Å². The molecule has 8 fully saturated rings. The van der Waals surface area contributed by atoms with Gasteiger partial charge in [-0.05, 0) is 110 Å². The van der Waals surface area contributed by atoms with Gasteiger partial charge in [-0.15, -0.1) is 0 Å². The van der Waals surface area contributed by atoms with E-state index in [0.717, 1.165) is 19.3 Å². The second-order valence-electron chi connectivity index (χ2n) is 16.3. The Morgan fingerprint density at radius 1 is 0.533 bits per heavy atom. The van der Waals surface area contributed by atoms with E-state index < -0.39 is 0 Å². The molecule has 0 saturated heterocycles. The monoisotopic (exact) mass is 412 g/mol. The van der Waals surface area contributed by atoms with Gasteiger partial charge in [0.2, 0.25) is 0 Å². The average Bonchev–Trinajstić information content (AvgIpc) is 2.42. The standard InChI is InChI=1S/C28H44O2/c1-21-7-22(2)9-23(3,8-21)15-27(13-21,14-22)19-30-20(29)28-16-24(4)10-25(5,17-28)12-26(6,11-24)18-28/h7-19H2,1-6H3. The smallest absolute Gasteiger partial charge is 0.312 e. The highest BCUT2D eigenvalue weighted by Gasteiger charge is 2.68. The summed E-state index contributed by atoms with van der Waals surface area (Å²) in [5.41, 5.74) is 2.43. The summed E-state index contributed by atoms with van der Waals surface area (Å²) in [5, 5.41) is 0. The molecular formula is C28H44O2. The first kappa shape index (κ1) is 20.1. The van der Waals surface area contributed by atoms with Gasteiger partial charge in [0.1, 0.15) is 0 Å². The van der Waals surface area contributed by atoms with E-state index in [-0.39, 0.29) is 16.8 Å². The molecule has 8 saturated carbocycles. The molecule has 30 heavy (non-hydrogen) atoms. The molecule has 168 valence electrons. The van der Waals surface area contributed by atoms with Crippen molar-refractivity contribution in [2.45, 2.75) is 119 Å². The fourth-order valence-electron chi connectivity index (χ4n) is 13.6. The fourth-order valence-corrected chi connectivity index (χ4v) is 13.6. The molecule has 8 aliphatic carbocycles. The van der Waals surface area contributed by atoms with Crippen LogP contribution in [-0.2, 0) is 9.53 Å². The first-order chi connectivity index (χ1) is 13.6. The third kappa shape index (κ3) is 2.76. The van der Waals surface area contributed by atoms with E-state index in [2.05, 4.69) is 41.5 Å². The molecule has 2 heteroatoms. The Balaban J connectivity index is 1.25. The van der Waals surface area contributed by atoms with Crippen molar-refractivity contribution in [2.75, 3.05) is 6.61 Å². The Morgan fingerprint density at radius 2 is 0.833 bits per heavy atom. The Bertz CT molecular complexity index is 715. The first-order valence-corrected chi connectivity index (χ1v) is 12.8. The first-order valence-electron chi connectivity index (χ1n) is 12.8. The maximum Gasteiger partial charge on any atom is 0.312 e. The van der Waals surface area contributed by atoms with Crippen LogP contribution in [0.1, 0.15) is 119 Å². The zero-order chi connectivity index (χ0) is 21.5. The highest BCUT2D eigenvalue weighted by molar-refractivity contribution is 5.78. The lowest BCUT2D eigenvalue weighted by Crippen LogP contribution is -2.62. The Morgan fingerprint density at radius 3 is 1.17 bits per heavy atom. The quantitative estimate of drug-likeness (QED) is 0.454. The summed E-state index contributed by atoms with van der Waals surface area (Å²) in [4.78, 5) is 13.8. The summed E-state index contributed by atoms with van der Waals surface area (Å²) in [6.45, 7) is 15.7. The van der Waals surface area contributed by atoms with E-state index in [1.807, 2.05) is 0 Å². The van der Waals surface area contributed by atoms with Crippen LogP contribution in [0.3, 0.4) is 0 Å². The van der Waals surface area contributed by atoms with E-state index >= 15 is 0 Å². The summed E-state index contributed by atoms with van der Waals surface area (Å²) in [6.07, 6.45) is 15.1. The van der Waals surface area contributed by atoms with Crippen LogP contribution in [0.5, 0.6) is 0 Å². The van der Waals surface area contributed by atoms with Crippen molar-refractivity contribution in [3.63, 3.8) is 0 Å². The van der Waals surface area contributed by atoms with Crippen LogP contribution in [0.2, 0.25) is 0 Å². The van der Waals surface area contributed by atoms with Crippen molar-refractivity contribution >= 4 is 5.97 Å². The van der Waals surface area contributed by atoms with Gasteiger partial charge < -0.3 is 4.74 Å². The van der Waals surface area contributed by atoms with Gasteiger partial charge in [-0.2, -0.15) is 0 Å². The van der Waals surface area contributed by atoms with Crippen LogP contribution in [0.15, 0.2) is 0 Å². The van der Waals surface area contributed by atoms with Crippen molar-refractivity contribution in [1.82, 2.24) is 0 Å². The molecule has 8 aliphatic rings. The summed E-state index contributed by atoms with van der Waals surface area (Å²) >= 11 is 0. The van der Waals surface area contributed by atoms with Gasteiger partial charge >= 0.3 is 5.97 Å². The Labute approximate surface area is 184 Å². The van der Waals surface area contributed by atoms with Crippen LogP contribution in [-0.4, -0.2) is 12.6 Å². The van der Waals surface area contributed by atoms with Crippen molar-refractivity contribution in [3.05, 3.63) is 0 Å². The number of carbonyl (C=O) groups is 1. The number of ether oxygens (including phenoxy) is 1. The summed E-state index contributed by atoms with van der Waals surface area (Å²) in [5.74, 6) is 0.182. The number of esters is 1. The zero-order valence-corrected chi connectivity index (χ0v) is 20.5. The maximum absolute atomic E-state index is 13.8. The third-order valence-electron chi connectivity index (χ3n) is 10.8.